The van der Waals surface area contributed by atoms with Gasteiger partial charge in [0.15, 0.2) is 0 Å². The minimum absolute atomic E-state index is 0.605. The first-order valence-corrected chi connectivity index (χ1v) is 6.25. The van der Waals surface area contributed by atoms with Crippen LogP contribution in [-0.2, 0) is 6.42 Å². The third-order valence-corrected chi connectivity index (χ3v) is 4.05. The lowest BCUT2D eigenvalue weighted by atomic mass is 9.94. The Morgan fingerprint density at radius 1 is 1.64 bits per heavy atom. The van der Waals surface area contributed by atoms with Gasteiger partial charge in [0, 0.05) is 24.0 Å². The minimum Gasteiger partial charge on any atom is -0.316 e. The zero-order valence-electron chi connectivity index (χ0n) is 8.86. The number of thiazole rings is 1. The zero-order valence-corrected chi connectivity index (χ0v) is 9.68. The van der Waals surface area contributed by atoms with Gasteiger partial charge in [-0.25, -0.2) is 4.98 Å². The Balaban J connectivity index is 1.92. The van der Waals surface area contributed by atoms with E-state index in [2.05, 4.69) is 29.7 Å². The molecule has 0 spiro atoms. The fraction of sp³-hybridized carbons (Fsp3) is 0.727. The van der Waals surface area contributed by atoms with E-state index in [-0.39, 0.29) is 0 Å². The maximum absolute atomic E-state index is 4.34. The van der Waals surface area contributed by atoms with Crippen LogP contribution in [-0.4, -0.2) is 18.1 Å². The molecule has 0 aliphatic heterocycles. The van der Waals surface area contributed by atoms with Gasteiger partial charge >= 0.3 is 0 Å². The normalized spacial score (nSPS) is 20.7. The standard InChI is InChI=1S/C11H18N2S/c1-8(9-3-4-9)10(12-2)7-11-13-5-6-14-11/h5-6,8-10,12H,3-4,7H2,1-2H3. The molecule has 0 bridgehead atoms. The summed E-state index contributed by atoms with van der Waals surface area (Å²) < 4.78 is 0. The molecule has 0 amide bonds. The number of hydrogen-bond acceptors (Lipinski definition) is 3. The van der Waals surface area contributed by atoms with Gasteiger partial charge in [0.2, 0.25) is 0 Å². The SMILES string of the molecule is CNC(Cc1nccs1)C(C)C1CC1. The van der Waals surface area contributed by atoms with E-state index in [9.17, 15) is 0 Å². The third kappa shape index (κ3) is 2.34. The van der Waals surface area contributed by atoms with Crippen LogP contribution in [0.1, 0.15) is 24.8 Å². The lowest BCUT2D eigenvalue weighted by Crippen LogP contribution is -2.35. The van der Waals surface area contributed by atoms with E-state index in [4.69, 9.17) is 0 Å². The maximum Gasteiger partial charge on any atom is 0.0940 e. The second-order valence-corrected chi connectivity index (χ2v) is 5.20. The van der Waals surface area contributed by atoms with Crippen LogP contribution in [0, 0.1) is 11.8 Å². The van der Waals surface area contributed by atoms with Crippen molar-refractivity contribution in [3.8, 4) is 0 Å². The quantitative estimate of drug-likeness (QED) is 0.807. The van der Waals surface area contributed by atoms with Gasteiger partial charge in [0.1, 0.15) is 0 Å². The Morgan fingerprint density at radius 3 is 2.93 bits per heavy atom. The molecule has 2 nitrogen and oxygen atoms in total. The highest BCUT2D eigenvalue weighted by molar-refractivity contribution is 7.09. The van der Waals surface area contributed by atoms with Gasteiger partial charge in [-0.05, 0) is 31.7 Å². The lowest BCUT2D eigenvalue weighted by molar-refractivity contribution is 0.357. The Morgan fingerprint density at radius 2 is 2.43 bits per heavy atom. The van der Waals surface area contributed by atoms with E-state index in [0.29, 0.717) is 6.04 Å². The topological polar surface area (TPSA) is 24.9 Å². The predicted molar refractivity (Wildman–Crippen MR) is 60.6 cm³/mol. The summed E-state index contributed by atoms with van der Waals surface area (Å²) in [6.45, 7) is 2.37. The van der Waals surface area contributed by atoms with Crippen LogP contribution in [0.4, 0.5) is 0 Å². The second-order valence-electron chi connectivity index (χ2n) is 4.22. The maximum atomic E-state index is 4.34. The van der Waals surface area contributed by atoms with Crippen molar-refractivity contribution in [3.05, 3.63) is 16.6 Å². The molecule has 1 aromatic heterocycles. The van der Waals surface area contributed by atoms with Crippen molar-refractivity contribution in [2.75, 3.05) is 7.05 Å². The summed E-state index contributed by atoms with van der Waals surface area (Å²) in [6.07, 6.45) is 5.84. The average Bonchev–Trinajstić information content (AvgIpc) is 2.93. The number of aromatic nitrogens is 1. The van der Waals surface area contributed by atoms with E-state index in [1.807, 2.05) is 6.20 Å². The molecule has 1 fully saturated rings. The van der Waals surface area contributed by atoms with Crippen LogP contribution < -0.4 is 5.32 Å². The van der Waals surface area contributed by atoms with Crippen molar-refractivity contribution in [1.82, 2.24) is 10.3 Å². The summed E-state index contributed by atoms with van der Waals surface area (Å²) in [5, 5.41) is 6.75. The van der Waals surface area contributed by atoms with Crippen LogP contribution in [0.25, 0.3) is 0 Å². The number of likely N-dealkylation sites (N-methyl/N-ethyl adjacent to an activating group) is 1. The summed E-state index contributed by atoms with van der Waals surface area (Å²) in [5.41, 5.74) is 0. The highest BCUT2D eigenvalue weighted by Gasteiger charge is 2.32. The minimum atomic E-state index is 0.605. The molecule has 78 valence electrons. The molecule has 2 unspecified atom stereocenters. The van der Waals surface area contributed by atoms with Gasteiger partial charge in [0.25, 0.3) is 0 Å². The van der Waals surface area contributed by atoms with Gasteiger partial charge in [0.05, 0.1) is 5.01 Å². The molecule has 14 heavy (non-hydrogen) atoms. The molecule has 0 radical (unpaired) electrons. The van der Waals surface area contributed by atoms with Gasteiger partial charge in [-0.1, -0.05) is 6.92 Å². The first-order valence-electron chi connectivity index (χ1n) is 5.37. The van der Waals surface area contributed by atoms with Crippen molar-refractivity contribution in [1.29, 1.82) is 0 Å². The van der Waals surface area contributed by atoms with Crippen LogP contribution in [0.5, 0.6) is 0 Å². The largest absolute Gasteiger partial charge is 0.316 e. The van der Waals surface area contributed by atoms with Crippen molar-refractivity contribution in [2.45, 2.75) is 32.2 Å². The van der Waals surface area contributed by atoms with E-state index in [0.717, 1.165) is 18.3 Å². The van der Waals surface area contributed by atoms with E-state index >= 15 is 0 Å². The zero-order chi connectivity index (χ0) is 9.97. The predicted octanol–water partition coefficient (Wildman–Crippen LogP) is 2.32. The number of rotatable bonds is 5. The van der Waals surface area contributed by atoms with Crippen LogP contribution >= 0.6 is 11.3 Å². The van der Waals surface area contributed by atoms with Crippen LogP contribution in [0.3, 0.4) is 0 Å². The number of nitrogens with zero attached hydrogens (tertiary/aromatic N) is 1. The lowest BCUT2D eigenvalue weighted by Gasteiger charge is -2.22. The summed E-state index contributed by atoms with van der Waals surface area (Å²) in [5.74, 6) is 1.76. The molecule has 1 N–H and O–H groups in total. The van der Waals surface area contributed by atoms with Crippen molar-refractivity contribution >= 4 is 11.3 Å². The van der Waals surface area contributed by atoms with Crippen LogP contribution in [0.15, 0.2) is 11.6 Å². The average molecular weight is 210 g/mol. The molecule has 1 heterocycles. The van der Waals surface area contributed by atoms with Gasteiger partial charge in [-0.2, -0.15) is 0 Å². The van der Waals surface area contributed by atoms with Gasteiger partial charge < -0.3 is 5.32 Å². The molecule has 0 saturated heterocycles. The Kier molecular flexibility index (Phi) is 3.19. The van der Waals surface area contributed by atoms with Gasteiger partial charge in [-0.15, -0.1) is 11.3 Å². The molecule has 1 aromatic rings. The number of hydrogen-bond donors (Lipinski definition) is 1. The van der Waals surface area contributed by atoms with Crippen molar-refractivity contribution in [2.24, 2.45) is 11.8 Å². The first-order chi connectivity index (χ1) is 6.81. The van der Waals surface area contributed by atoms with Crippen LogP contribution in [0.2, 0.25) is 0 Å². The molecule has 0 aromatic carbocycles. The Hall–Kier alpha value is -0.410. The smallest absolute Gasteiger partial charge is 0.0940 e. The molecular formula is C11H18N2S. The fourth-order valence-electron chi connectivity index (χ4n) is 2.04. The molecule has 2 rings (SSSR count). The number of nitrogens with one attached hydrogen (secondary N) is 1. The van der Waals surface area contributed by atoms with Crippen molar-refractivity contribution < 1.29 is 0 Å². The first kappa shape index (κ1) is 10.1. The molecule has 1 aliphatic carbocycles. The molecule has 1 aliphatic rings. The summed E-state index contributed by atoms with van der Waals surface area (Å²) in [4.78, 5) is 4.34. The molecular weight excluding hydrogens is 192 g/mol. The van der Waals surface area contributed by atoms with E-state index < -0.39 is 0 Å². The second kappa shape index (κ2) is 4.41. The fourth-order valence-corrected chi connectivity index (χ4v) is 2.72. The van der Waals surface area contributed by atoms with Gasteiger partial charge in [-0.3, -0.25) is 0 Å². The summed E-state index contributed by atoms with van der Waals surface area (Å²) in [7, 11) is 2.07. The van der Waals surface area contributed by atoms with Crippen molar-refractivity contribution in [3.63, 3.8) is 0 Å². The van der Waals surface area contributed by atoms with E-state index in [1.165, 1.54) is 17.8 Å². The molecule has 3 heteroatoms. The third-order valence-electron chi connectivity index (χ3n) is 3.25. The summed E-state index contributed by atoms with van der Waals surface area (Å²) in [6, 6.07) is 0.605. The highest BCUT2D eigenvalue weighted by atomic mass is 32.1. The Bertz CT molecular complexity index is 267. The molecule has 1 saturated carbocycles. The highest BCUT2D eigenvalue weighted by Crippen LogP contribution is 2.38. The molecule has 2 atom stereocenters. The summed E-state index contributed by atoms with van der Waals surface area (Å²) >= 11 is 1.77. The van der Waals surface area contributed by atoms with E-state index in [1.54, 1.807) is 11.3 Å². The monoisotopic (exact) mass is 210 g/mol. The Labute approximate surface area is 89.8 Å².